The minimum atomic E-state index is -0.984. The Kier molecular flexibility index (Phi) is 5.87. The molecule has 6 nitrogen and oxygen atoms in total. The van der Waals surface area contributed by atoms with E-state index in [1.54, 1.807) is 45.0 Å². The van der Waals surface area contributed by atoms with Crippen molar-refractivity contribution >= 4 is 33.7 Å². The number of rotatable bonds is 5. The first-order chi connectivity index (χ1) is 11.6. The van der Waals surface area contributed by atoms with Gasteiger partial charge in [0.1, 0.15) is 11.1 Å². The SMILES string of the molecule is CC(C)(C)OC(=O)NC1(C(=O)NCC(=O)c2ccc(Br)cc2)CCC1. The van der Waals surface area contributed by atoms with E-state index in [-0.39, 0.29) is 18.2 Å². The second-order valence-corrected chi connectivity index (χ2v) is 8.09. The van der Waals surface area contributed by atoms with Gasteiger partial charge in [-0.2, -0.15) is 0 Å². The molecule has 1 saturated carbocycles. The van der Waals surface area contributed by atoms with E-state index < -0.39 is 17.2 Å². The normalized spacial score (nSPS) is 15.7. The van der Waals surface area contributed by atoms with Gasteiger partial charge in [-0.1, -0.05) is 28.1 Å². The van der Waals surface area contributed by atoms with Crippen molar-refractivity contribution in [1.29, 1.82) is 0 Å². The zero-order valence-corrected chi connectivity index (χ0v) is 16.2. The van der Waals surface area contributed by atoms with Gasteiger partial charge in [-0.05, 0) is 52.2 Å². The fourth-order valence-electron chi connectivity index (χ4n) is 2.51. The second-order valence-electron chi connectivity index (χ2n) is 7.18. The van der Waals surface area contributed by atoms with Crippen LogP contribution < -0.4 is 10.6 Å². The van der Waals surface area contributed by atoms with Crippen molar-refractivity contribution in [3.8, 4) is 0 Å². The Morgan fingerprint density at radius 1 is 1.16 bits per heavy atom. The lowest BCUT2D eigenvalue weighted by atomic mass is 9.76. The number of hydrogen-bond acceptors (Lipinski definition) is 4. The lowest BCUT2D eigenvalue weighted by molar-refractivity contribution is -0.130. The van der Waals surface area contributed by atoms with Gasteiger partial charge in [-0.3, -0.25) is 9.59 Å². The molecule has 25 heavy (non-hydrogen) atoms. The number of Topliss-reactive ketones (excluding diaryl/α,β-unsaturated/α-hetero) is 1. The summed E-state index contributed by atoms with van der Waals surface area (Å²) in [6.45, 7) is 5.17. The van der Waals surface area contributed by atoms with Gasteiger partial charge in [0, 0.05) is 10.0 Å². The van der Waals surface area contributed by atoms with Gasteiger partial charge in [0.2, 0.25) is 5.91 Å². The third kappa shape index (κ3) is 5.29. The highest BCUT2D eigenvalue weighted by Crippen LogP contribution is 2.32. The van der Waals surface area contributed by atoms with Crippen molar-refractivity contribution in [1.82, 2.24) is 10.6 Å². The highest BCUT2D eigenvalue weighted by molar-refractivity contribution is 9.10. The number of carbonyl (C=O) groups excluding carboxylic acids is 3. The van der Waals surface area contributed by atoms with Crippen molar-refractivity contribution < 1.29 is 19.1 Å². The molecule has 2 rings (SSSR count). The summed E-state index contributed by atoms with van der Waals surface area (Å²) in [6, 6.07) is 6.92. The first kappa shape index (κ1) is 19.4. The van der Waals surface area contributed by atoms with Gasteiger partial charge in [0.25, 0.3) is 0 Å². The van der Waals surface area contributed by atoms with Crippen LogP contribution in [-0.4, -0.2) is 35.5 Å². The Morgan fingerprint density at radius 3 is 2.24 bits per heavy atom. The molecule has 1 aromatic rings. The third-order valence-electron chi connectivity index (χ3n) is 3.96. The minimum Gasteiger partial charge on any atom is -0.444 e. The maximum Gasteiger partial charge on any atom is 0.408 e. The van der Waals surface area contributed by atoms with Crippen LogP contribution in [0.15, 0.2) is 28.7 Å². The number of benzene rings is 1. The maximum atomic E-state index is 12.5. The molecule has 0 spiro atoms. The average molecular weight is 411 g/mol. The summed E-state index contributed by atoms with van der Waals surface area (Å²) in [7, 11) is 0. The predicted molar refractivity (Wildman–Crippen MR) is 97.4 cm³/mol. The molecular weight excluding hydrogens is 388 g/mol. The standard InChI is InChI=1S/C18H23BrN2O4/c1-17(2,3)25-16(24)21-18(9-4-10-18)15(23)20-11-14(22)12-5-7-13(19)8-6-12/h5-8H,4,9-11H2,1-3H3,(H,20,23)(H,21,24). The summed E-state index contributed by atoms with van der Waals surface area (Å²) in [5.74, 6) is -0.539. The summed E-state index contributed by atoms with van der Waals surface area (Å²) in [5.41, 5.74) is -1.10. The summed E-state index contributed by atoms with van der Waals surface area (Å²) in [4.78, 5) is 36.6. The molecule has 0 atom stereocenters. The number of amides is 2. The number of nitrogens with one attached hydrogen (secondary N) is 2. The first-order valence-corrected chi connectivity index (χ1v) is 8.99. The molecule has 1 aliphatic rings. The average Bonchev–Trinajstić information content (AvgIpc) is 2.47. The molecule has 1 aromatic carbocycles. The third-order valence-corrected chi connectivity index (χ3v) is 4.49. The second kappa shape index (κ2) is 7.56. The van der Waals surface area contributed by atoms with Crippen LogP contribution in [0.25, 0.3) is 0 Å². The van der Waals surface area contributed by atoms with Gasteiger partial charge in [0.05, 0.1) is 6.54 Å². The zero-order valence-electron chi connectivity index (χ0n) is 14.6. The number of ether oxygens (including phenoxy) is 1. The van der Waals surface area contributed by atoms with E-state index in [9.17, 15) is 14.4 Å². The Morgan fingerprint density at radius 2 is 1.76 bits per heavy atom. The van der Waals surface area contributed by atoms with Crippen LogP contribution >= 0.6 is 15.9 Å². The van der Waals surface area contributed by atoms with E-state index in [1.165, 1.54) is 0 Å². The molecule has 0 unspecified atom stereocenters. The molecule has 2 amide bonds. The van der Waals surface area contributed by atoms with Crippen LogP contribution in [0.3, 0.4) is 0 Å². The van der Waals surface area contributed by atoms with Gasteiger partial charge in [0.15, 0.2) is 5.78 Å². The van der Waals surface area contributed by atoms with Crippen LogP contribution in [0, 0.1) is 0 Å². The van der Waals surface area contributed by atoms with Gasteiger partial charge < -0.3 is 15.4 Å². The zero-order chi connectivity index (χ0) is 18.7. The summed E-state index contributed by atoms with van der Waals surface area (Å²) in [6.07, 6.45) is 1.28. The fraction of sp³-hybridized carbons (Fsp3) is 0.500. The van der Waals surface area contributed by atoms with Crippen LogP contribution in [0.4, 0.5) is 4.79 Å². The fourth-order valence-corrected chi connectivity index (χ4v) is 2.77. The van der Waals surface area contributed by atoms with E-state index in [2.05, 4.69) is 26.6 Å². The molecular formula is C18H23BrN2O4. The monoisotopic (exact) mass is 410 g/mol. The number of alkyl carbamates (subject to hydrolysis) is 1. The van der Waals surface area contributed by atoms with Crippen molar-refractivity contribution in [2.45, 2.75) is 51.2 Å². The quantitative estimate of drug-likeness (QED) is 0.729. The number of ketones is 1. The largest absolute Gasteiger partial charge is 0.444 e. The van der Waals surface area contributed by atoms with E-state index in [1.807, 2.05) is 0 Å². The molecule has 7 heteroatoms. The minimum absolute atomic E-state index is 0.113. The molecule has 0 radical (unpaired) electrons. The smallest absolute Gasteiger partial charge is 0.408 e. The summed E-state index contributed by atoms with van der Waals surface area (Å²) < 4.78 is 6.10. The van der Waals surface area contributed by atoms with Gasteiger partial charge >= 0.3 is 6.09 Å². The first-order valence-electron chi connectivity index (χ1n) is 8.20. The van der Waals surface area contributed by atoms with Gasteiger partial charge in [-0.15, -0.1) is 0 Å². The predicted octanol–water partition coefficient (Wildman–Crippen LogP) is 3.20. The Labute approximate surface area is 155 Å². The molecule has 1 aliphatic carbocycles. The highest BCUT2D eigenvalue weighted by Gasteiger charge is 2.46. The van der Waals surface area contributed by atoms with Crippen LogP contribution in [-0.2, 0) is 9.53 Å². The molecule has 0 saturated heterocycles. The number of carbonyl (C=O) groups is 3. The lowest BCUT2D eigenvalue weighted by Crippen LogP contribution is -2.63. The van der Waals surface area contributed by atoms with Crippen molar-refractivity contribution in [2.75, 3.05) is 6.54 Å². The van der Waals surface area contributed by atoms with Crippen LogP contribution in [0.2, 0.25) is 0 Å². The Balaban J connectivity index is 1.92. The molecule has 1 fully saturated rings. The van der Waals surface area contributed by atoms with E-state index >= 15 is 0 Å². The number of hydrogen-bond donors (Lipinski definition) is 2. The molecule has 136 valence electrons. The van der Waals surface area contributed by atoms with Crippen molar-refractivity contribution in [2.24, 2.45) is 0 Å². The van der Waals surface area contributed by atoms with Crippen molar-refractivity contribution in [3.63, 3.8) is 0 Å². The summed E-state index contributed by atoms with van der Waals surface area (Å²) >= 11 is 3.31. The van der Waals surface area contributed by atoms with Crippen LogP contribution in [0.1, 0.15) is 50.4 Å². The maximum absolute atomic E-state index is 12.5. The van der Waals surface area contributed by atoms with E-state index in [0.717, 1.165) is 10.9 Å². The summed E-state index contributed by atoms with van der Waals surface area (Å²) in [5, 5.41) is 5.30. The van der Waals surface area contributed by atoms with E-state index in [4.69, 9.17) is 4.74 Å². The molecule has 0 bridgehead atoms. The Bertz CT molecular complexity index is 661. The molecule has 2 N–H and O–H groups in total. The topological polar surface area (TPSA) is 84.5 Å². The molecule has 0 aromatic heterocycles. The van der Waals surface area contributed by atoms with Gasteiger partial charge in [-0.25, -0.2) is 4.79 Å². The molecule has 0 aliphatic heterocycles. The van der Waals surface area contributed by atoms with E-state index in [0.29, 0.717) is 18.4 Å². The highest BCUT2D eigenvalue weighted by atomic mass is 79.9. The number of halogens is 1. The molecule has 0 heterocycles. The Hall–Kier alpha value is -1.89. The van der Waals surface area contributed by atoms with Crippen LogP contribution in [0.5, 0.6) is 0 Å². The lowest BCUT2D eigenvalue weighted by Gasteiger charge is -2.40. The van der Waals surface area contributed by atoms with Crippen molar-refractivity contribution in [3.05, 3.63) is 34.3 Å².